The van der Waals surface area contributed by atoms with Gasteiger partial charge in [0.2, 0.25) is 5.91 Å². The molecule has 1 unspecified atom stereocenters. The number of hydrogen-bond acceptors (Lipinski definition) is 5. The van der Waals surface area contributed by atoms with Crippen LogP contribution in [0, 0.1) is 5.41 Å². The van der Waals surface area contributed by atoms with Crippen molar-refractivity contribution in [3.05, 3.63) is 23.7 Å². The van der Waals surface area contributed by atoms with Gasteiger partial charge in [0.25, 0.3) is 0 Å². The number of amides is 1. The van der Waals surface area contributed by atoms with Gasteiger partial charge in [-0.15, -0.1) is 17.9 Å². The number of carboxylic acid groups (broad SMARTS) is 1. The summed E-state index contributed by atoms with van der Waals surface area (Å²) in [6.07, 6.45) is 4.16. The molecule has 0 saturated carbocycles. The highest BCUT2D eigenvalue weighted by Gasteiger charge is 2.42. The predicted molar refractivity (Wildman–Crippen MR) is 85.5 cm³/mol. The van der Waals surface area contributed by atoms with Crippen molar-refractivity contribution in [3.8, 4) is 0 Å². The summed E-state index contributed by atoms with van der Waals surface area (Å²) in [5.41, 5.74) is 5.49. The molecule has 0 aliphatic carbocycles. The molecule has 2 heterocycles. The van der Waals surface area contributed by atoms with Crippen LogP contribution in [0.25, 0.3) is 0 Å². The maximum Gasteiger partial charge on any atom is 0.311 e. The lowest BCUT2D eigenvalue weighted by Gasteiger charge is -2.39. The van der Waals surface area contributed by atoms with Gasteiger partial charge < -0.3 is 15.7 Å². The number of aromatic nitrogens is 1. The number of rotatable bonds is 6. The number of aryl methyl sites for hydroxylation is 1. The van der Waals surface area contributed by atoms with Gasteiger partial charge in [-0.3, -0.25) is 9.59 Å². The molecule has 1 aliphatic heterocycles. The molecule has 0 aromatic carbocycles. The number of aliphatic carboxylic acids is 1. The minimum atomic E-state index is -0.888. The molecule has 6 nitrogen and oxygen atoms in total. The lowest BCUT2D eigenvalue weighted by atomic mass is 9.77. The van der Waals surface area contributed by atoms with E-state index in [1.54, 1.807) is 11.0 Å². The molecule has 3 N–H and O–H groups in total. The molecule has 1 fully saturated rings. The van der Waals surface area contributed by atoms with Crippen molar-refractivity contribution in [3.63, 3.8) is 0 Å². The Hall–Kier alpha value is -1.89. The summed E-state index contributed by atoms with van der Waals surface area (Å²) in [7, 11) is 0. The minimum absolute atomic E-state index is 0.0269. The van der Waals surface area contributed by atoms with Gasteiger partial charge >= 0.3 is 5.97 Å². The van der Waals surface area contributed by atoms with Crippen molar-refractivity contribution in [2.75, 3.05) is 18.8 Å². The molecule has 0 bridgehead atoms. The van der Waals surface area contributed by atoms with E-state index in [0.717, 1.165) is 5.69 Å². The van der Waals surface area contributed by atoms with Gasteiger partial charge in [0.05, 0.1) is 11.1 Å². The Labute approximate surface area is 133 Å². The Morgan fingerprint density at radius 1 is 1.59 bits per heavy atom. The first-order valence-corrected chi connectivity index (χ1v) is 8.17. The second kappa shape index (κ2) is 6.91. The summed E-state index contributed by atoms with van der Waals surface area (Å²) in [4.78, 5) is 29.7. The van der Waals surface area contributed by atoms with E-state index in [1.807, 2.05) is 5.38 Å². The average Bonchev–Trinajstić information content (AvgIpc) is 2.91. The van der Waals surface area contributed by atoms with Gasteiger partial charge in [0.1, 0.15) is 0 Å². The lowest BCUT2D eigenvalue weighted by Crippen LogP contribution is -2.49. The van der Waals surface area contributed by atoms with E-state index in [2.05, 4.69) is 11.6 Å². The monoisotopic (exact) mass is 323 g/mol. The molecule has 0 radical (unpaired) electrons. The number of nitrogens with zero attached hydrogens (tertiary/aromatic N) is 2. The fraction of sp³-hybridized carbons (Fsp3) is 0.533. The highest BCUT2D eigenvalue weighted by molar-refractivity contribution is 7.13. The summed E-state index contributed by atoms with van der Waals surface area (Å²) in [6, 6.07) is 0. The maximum absolute atomic E-state index is 12.3. The number of thiazole rings is 1. The minimum Gasteiger partial charge on any atom is -0.481 e. The summed E-state index contributed by atoms with van der Waals surface area (Å²) in [5.74, 6) is -0.877. The number of piperidine rings is 1. The Balaban J connectivity index is 1.97. The number of hydrogen-bond donors (Lipinski definition) is 2. The molecule has 1 saturated heterocycles. The van der Waals surface area contributed by atoms with Gasteiger partial charge in [0, 0.05) is 24.9 Å². The van der Waals surface area contributed by atoms with E-state index in [4.69, 9.17) is 5.73 Å². The highest BCUT2D eigenvalue weighted by atomic mass is 32.1. The Morgan fingerprint density at radius 3 is 2.95 bits per heavy atom. The number of anilines is 1. The normalized spacial score (nSPS) is 21.5. The molecular formula is C15H21N3O3S. The highest BCUT2D eigenvalue weighted by Crippen LogP contribution is 2.34. The lowest BCUT2D eigenvalue weighted by molar-refractivity contribution is -0.154. The van der Waals surface area contributed by atoms with E-state index in [0.29, 0.717) is 43.8 Å². The quantitative estimate of drug-likeness (QED) is 0.780. The standard InChI is InChI=1S/C15H21N3O3S/c1-2-6-15(13(20)21)7-3-8-18(10-15)12(19)5-4-11-9-22-14(16)17-11/h2,9H,1,3-8,10H2,(H2,16,17)(H,20,21). The SMILES string of the molecule is C=CCC1(C(=O)O)CCCN(C(=O)CCc2csc(N)n2)C1. The number of carbonyl (C=O) groups is 2. The van der Waals surface area contributed by atoms with Gasteiger partial charge in [-0.2, -0.15) is 0 Å². The zero-order valence-corrected chi connectivity index (χ0v) is 13.3. The van der Waals surface area contributed by atoms with Crippen LogP contribution in [0.15, 0.2) is 18.0 Å². The molecule has 1 aliphatic rings. The zero-order chi connectivity index (χ0) is 16.2. The van der Waals surface area contributed by atoms with Crippen molar-refractivity contribution in [1.82, 2.24) is 9.88 Å². The van der Waals surface area contributed by atoms with Crippen LogP contribution in [-0.2, 0) is 16.0 Å². The Bertz CT molecular complexity index is 572. The van der Waals surface area contributed by atoms with Crippen LogP contribution >= 0.6 is 11.3 Å². The molecule has 1 aromatic rings. The molecule has 22 heavy (non-hydrogen) atoms. The van der Waals surface area contributed by atoms with Gasteiger partial charge in [-0.05, 0) is 25.7 Å². The summed E-state index contributed by atoms with van der Waals surface area (Å²) in [5, 5.41) is 11.9. The van der Waals surface area contributed by atoms with Gasteiger partial charge in [0.15, 0.2) is 5.13 Å². The number of likely N-dealkylation sites (tertiary alicyclic amines) is 1. The van der Waals surface area contributed by atoms with Crippen molar-refractivity contribution < 1.29 is 14.7 Å². The molecule has 1 amide bonds. The van der Waals surface area contributed by atoms with E-state index in [9.17, 15) is 14.7 Å². The molecule has 2 rings (SSSR count). The Morgan fingerprint density at radius 2 is 2.36 bits per heavy atom. The number of nitrogens with two attached hydrogens (primary N) is 1. The van der Waals surface area contributed by atoms with Crippen LogP contribution in [0.4, 0.5) is 5.13 Å². The second-order valence-electron chi connectivity index (χ2n) is 5.67. The predicted octanol–water partition coefficient (Wildman–Crippen LogP) is 1.93. The van der Waals surface area contributed by atoms with Crippen molar-refractivity contribution >= 4 is 28.3 Å². The Kier molecular flexibility index (Phi) is 5.18. The topological polar surface area (TPSA) is 96.5 Å². The van der Waals surface area contributed by atoms with E-state index in [1.165, 1.54) is 11.3 Å². The second-order valence-corrected chi connectivity index (χ2v) is 6.56. The molecule has 1 aromatic heterocycles. The number of carboxylic acids is 1. The first-order valence-electron chi connectivity index (χ1n) is 7.29. The largest absolute Gasteiger partial charge is 0.481 e. The van der Waals surface area contributed by atoms with E-state index < -0.39 is 11.4 Å². The average molecular weight is 323 g/mol. The van der Waals surface area contributed by atoms with Crippen LogP contribution in [0.2, 0.25) is 0 Å². The number of allylic oxidation sites excluding steroid dienone is 1. The third kappa shape index (κ3) is 3.65. The molecule has 120 valence electrons. The molecule has 0 spiro atoms. The van der Waals surface area contributed by atoms with Crippen molar-refractivity contribution in [2.24, 2.45) is 5.41 Å². The first kappa shape index (κ1) is 16.5. The van der Waals surface area contributed by atoms with Crippen molar-refractivity contribution in [2.45, 2.75) is 32.1 Å². The van der Waals surface area contributed by atoms with Crippen LogP contribution in [0.5, 0.6) is 0 Å². The van der Waals surface area contributed by atoms with Crippen molar-refractivity contribution in [1.29, 1.82) is 0 Å². The van der Waals surface area contributed by atoms with Crippen LogP contribution in [-0.4, -0.2) is 40.0 Å². The fourth-order valence-electron chi connectivity index (χ4n) is 2.88. The fourth-order valence-corrected chi connectivity index (χ4v) is 3.48. The third-order valence-electron chi connectivity index (χ3n) is 4.08. The van der Waals surface area contributed by atoms with Gasteiger partial charge in [-0.25, -0.2) is 4.98 Å². The molecule has 1 atom stereocenters. The van der Waals surface area contributed by atoms with Crippen LogP contribution in [0.1, 0.15) is 31.4 Å². The first-order chi connectivity index (χ1) is 10.5. The third-order valence-corrected chi connectivity index (χ3v) is 4.81. The van der Waals surface area contributed by atoms with E-state index >= 15 is 0 Å². The van der Waals surface area contributed by atoms with Crippen LogP contribution < -0.4 is 5.73 Å². The smallest absolute Gasteiger partial charge is 0.311 e. The number of carbonyl (C=O) groups excluding carboxylic acids is 1. The summed E-state index contributed by atoms with van der Waals surface area (Å²) < 4.78 is 0. The molecule has 7 heteroatoms. The maximum atomic E-state index is 12.3. The van der Waals surface area contributed by atoms with Gasteiger partial charge in [-0.1, -0.05) is 6.08 Å². The van der Waals surface area contributed by atoms with Crippen LogP contribution in [0.3, 0.4) is 0 Å². The zero-order valence-electron chi connectivity index (χ0n) is 12.5. The molecular weight excluding hydrogens is 302 g/mol. The summed E-state index contributed by atoms with van der Waals surface area (Å²) >= 11 is 1.35. The number of nitrogen functional groups attached to an aromatic ring is 1. The summed E-state index contributed by atoms with van der Waals surface area (Å²) in [6.45, 7) is 4.52. The van der Waals surface area contributed by atoms with E-state index in [-0.39, 0.29) is 12.5 Å².